The number of rotatable bonds is 6. The van der Waals surface area contributed by atoms with Gasteiger partial charge in [0.15, 0.2) is 0 Å². The van der Waals surface area contributed by atoms with Crippen molar-refractivity contribution in [1.82, 2.24) is 5.32 Å². The molecule has 1 atom stereocenters. The summed E-state index contributed by atoms with van der Waals surface area (Å²) in [5, 5.41) is 3.39. The van der Waals surface area contributed by atoms with Crippen molar-refractivity contribution >= 4 is 11.8 Å². The van der Waals surface area contributed by atoms with E-state index in [1.807, 2.05) is 12.1 Å². The molecular formula is C13H20FNS. The number of hydrogen-bond acceptors (Lipinski definition) is 2. The molecule has 1 aromatic rings. The first kappa shape index (κ1) is 13.5. The Bertz CT molecular complexity index is 315. The highest BCUT2D eigenvalue weighted by atomic mass is 32.2. The first-order valence-corrected chi connectivity index (χ1v) is 6.69. The zero-order valence-corrected chi connectivity index (χ0v) is 11.0. The number of halogens is 1. The fraction of sp³-hybridized carbons (Fsp3) is 0.538. The van der Waals surface area contributed by atoms with E-state index < -0.39 is 0 Å². The Hall–Kier alpha value is -0.540. The van der Waals surface area contributed by atoms with Crippen molar-refractivity contribution in [1.29, 1.82) is 0 Å². The van der Waals surface area contributed by atoms with Gasteiger partial charge < -0.3 is 5.32 Å². The number of benzene rings is 1. The van der Waals surface area contributed by atoms with E-state index in [9.17, 15) is 4.39 Å². The molecule has 0 heterocycles. The summed E-state index contributed by atoms with van der Waals surface area (Å²) in [5.74, 6) is 1.38. The van der Waals surface area contributed by atoms with Gasteiger partial charge in [-0.3, -0.25) is 0 Å². The van der Waals surface area contributed by atoms with Gasteiger partial charge in [0.1, 0.15) is 5.82 Å². The average molecular weight is 241 g/mol. The van der Waals surface area contributed by atoms with Gasteiger partial charge in [0.25, 0.3) is 0 Å². The maximum Gasteiger partial charge on any atom is 0.136 e. The molecule has 0 aliphatic carbocycles. The second kappa shape index (κ2) is 6.92. The second-order valence-corrected chi connectivity index (χ2v) is 5.47. The molecule has 1 aromatic carbocycles. The lowest BCUT2D eigenvalue weighted by Gasteiger charge is -2.14. The molecule has 0 aromatic heterocycles. The van der Waals surface area contributed by atoms with Gasteiger partial charge in [-0.15, -0.1) is 11.8 Å². The third-order valence-corrected chi connectivity index (χ3v) is 3.61. The molecule has 0 amide bonds. The highest BCUT2D eigenvalue weighted by Crippen LogP contribution is 2.23. The van der Waals surface area contributed by atoms with Crippen LogP contribution in [0, 0.1) is 11.7 Å². The third-order valence-electron chi connectivity index (χ3n) is 2.23. The summed E-state index contributed by atoms with van der Waals surface area (Å²) < 4.78 is 13.3. The molecule has 1 unspecified atom stereocenters. The van der Waals surface area contributed by atoms with E-state index in [1.165, 1.54) is 6.07 Å². The van der Waals surface area contributed by atoms with E-state index in [4.69, 9.17) is 0 Å². The minimum Gasteiger partial charge on any atom is -0.314 e. The molecule has 0 spiro atoms. The van der Waals surface area contributed by atoms with Crippen LogP contribution in [0.25, 0.3) is 0 Å². The summed E-state index contributed by atoms with van der Waals surface area (Å²) in [4.78, 5) is 0.749. The van der Waals surface area contributed by atoms with Gasteiger partial charge in [-0.25, -0.2) is 4.39 Å². The smallest absolute Gasteiger partial charge is 0.136 e. The molecule has 0 aliphatic heterocycles. The van der Waals surface area contributed by atoms with Crippen LogP contribution < -0.4 is 5.32 Å². The zero-order chi connectivity index (χ0) is 12.0. The first-order chi connectivity index (χ1) is 7.59. The Kier molecular flexibility index (Phi) is 5.85. The summed E-state index contributed by atoms with van der Waals surface area (Å²) >= 11 is 1.59. The largest absolute Gasteiger partial charge is 0.314 e. The summed E-state index contributed by atoms with van der Waals surface area (Å²) in [7, 11) is 0. The van der Waals surface area contributed by atoms with Gasteiger partial charge in [-0.2, -0.15) is 0 Å². The zero-order valence-electron chi connectivity index (χ0n) is 10.2. The van der Waals surface area contributed by atoms with Gasteiger partial charge in [-0.1, -0.05) is 32.9 Å². The van der Waals surface area contributed by atoms with Gasteiger partial charge in [0, 0.05) is 16.7 Å². The molecule has 1 rings (SSSR count). The quantitative estimate of drug-likeness (QED) is 0.764. The van der Waals surface area contributed by atoms with Crippen LogP contribution in [0.5, 0.6) is 0 Å². The van der Waals surface area contributed by atoms with Crippen LogP contribution in [0.4, 0.5) is 4.39 Å². The molecule has 1 N–H and O–H groups in total. The van der Waals surface area contributed by atoms with Crippen molar-refractivity contribution in [2.45, 2.75) is 31.7 Å². The van der Waals surface area contributed by atoms with Crippen molar-refractivity contribution in [3.63, 3.8) is 0 Å². The van der Waals surface area contributed by atoms with Crippen LogP contribution in [0.2, 0.25) is 0 Å². The Morgan fingerprint density at radius 1 is 1.25 bits per heavy atom. The Morgan fingerprint density at radius 2 is 1.94 bits per heavy atom. The van der Waals surface area contributed by atoms with Gasteiger partial charge in [-0.05, 0) is 24.6 Å². The third kappa shape index (κ3) is 4.99. The van der Waals surface area contributed by atoms with Crippen molar-refractivity contribution in [2.75, 3.05) is 12.3 Å². The minimum absolute atomic E-state index is 0.114. The molecule has 0 radical (unpaired) electrons. The molecule has 0 saturated heterocycles. The highest BCUT2D eigenvalue weighted by Gasteiger charge is 2.06. The van der Waals surface area contributed by atoms with Gasteiger partial charge in [0.05, 0.1) is 0 Å². The molecular weight excluding hydrogens is 221 g/mol. The standard InChI is InChI=1S/C13H20FNS/c1-10(2)15-8-11(3)9-16-13-7-5-4-6-12(13)14/h4-7,10-11,15H,8-9H2,1-3H3. The minimum atomic E-state index is -0.114. The molecule has 0 aliphatic rings. The maximum absolute atomic E-state index is 13.3. The van der Waals surface area contributed by atoms with Gasteiger partial charge >= 0.3 is 0 Å². The van der Waals surface area contributed by atoms with Crippen LogP contribution in [0.3, 0.4) is 0 Å². The molecule has 0 saturated carbocycles. The van der Waals surface area contributed by atoms with Crippen LogP contribution in [0.1, 0.15) is 20.8 Å². The van der Waals surface area contributed by atoms with E-state index in [2.05, 4.69) is 26.1 Å². The summed E-state index contributed by atoms with van der Waals surface area (Å²) in [6.45, 7) is 7.44. The predicted octanol–water partition coefficient (Wildman–Crippen LogP) is 3.55. The lowest BCUT2D eigenvalue weighted by molar-refractivity contribution is 0.509. The fourth-order valence-electron chi connectivity index (χ4n) is 1.29. The van der Waals surface area contributed by atoms with Crippen LogP contribution >= 0.6 is 11.8 Å². The summed E-state index contributed by atoms with van der Waals surface area (Å²) in [6, 6.07) is 7.47. The topological polar surface area (TPSA) is 12.0 Å². The van der Waals surface area contributed by atoms with E-state index >= 15 is 0 Å². The molecule has 3 heteroatoms. The number of thioether (sulfide) groups is 1. The Morgan fingerprint density at radius 3 is 2.56 bits per heavy atom. The van der Waals surface area contributed by atoms with Crippen LogP contribution in [0.15, 0.2) is 29.2 Å². The lowest BCUT2D eigenvalue weighted by atomic mass is 10.2. The first-order valence-electron chi connectivity index (χ1n) is 5.70. The maximum atomic E-state index is 13.3. The lowest BCUT2D eigenvalue weighted by Crippen LogP contribution is -2.28. The van der Waals surface area contributed by atoms with E-state index in [-0.39, 0.29) is 5.82 Å². The van der Waals surface area contributed by atoms with Crippen molar-refractivity contribution in [2.24, 2.45) is 5.92 Å². The average Bonchev–Trinajstić information content (AvgIpc) is 2.25. The Labute approximate surface area is 102 Å². The van der Waals surface area contributed by atoms with Crippen molar-refractivity contribution in [3.8, 4) is 0 Å². The predicted molar refractivity (Wildman–Crippen MR) is 69.4 cm³/mol. The van der Waals surface area contributed by atoms with Crippen LogP contribution in [-0.2, 0) is 0 Å². The molecule has 0 bridgehead atoms. The van der Waals surface area contributed by atoms with E-state index in [0.717, 1.165) is 17.2 Å². The van der Waals surface area contributed by atoms with Crippen molar-refractivity contribution < 1.29 is 4.39 Å². The Balaban J connectivity index is 2.31. The number of nitrogens with one attached hydrogen (secondary N) is 1. The monoisotopic (exact) mass is 241 g/mol. The molecule has 0 fully saturated rings. The molecule has 90 valence electrons. The van der Waals surface area contributed by atoms with E-state index in [1.54, 1.807) is 17.8 Å². The number of hydrogen-bond donors (Lipinski definition) is 1. The van der Waals surface area contributed by atoms with E-state index in [0.29, 0.717) is 12.0 Å². The SMILES string of the molecule is CC(CNC(C)C)CSc1ccccc1F. The normalized spacial score (nSPS) is 13.1. The van der Waals surface area contributed by atoms with Crippen LogP contribution in [-0.4, -0.2) is 18.3 Å². The summed E-state index contributed by atoms with van der Waals surface area (Å²) in [5.41, 5.74) is 0. The fourth-order valence-corrected chi connectivity index (χ4v) is 2.25. The molecule has 16 heavy (non-hydrogen) atoms. The van der Waals surface area contributed by atoms with Gasteiger partial charge in [0.2, 0.25) is 0 Å². The second-order valence-electron chi connectivity index (χ2n) is 4.41. The van der Waals surface area contributed by atoms with Crippen molar-refractivity contribution in [3.05, 3.63) is 30.1 Å². The molecule has 1 nitrogen and oxygen atoms in total. The summed E-state index contributed by atoms with van der Waals surface area (Å²) in [6.07, 6.45) is 0. The highest BCUT2D eigenvalue weighted by molar-refractivity contribution is 7.99.